The van der Waals surface area contributed by atoms with E-state index >= 15 is 0 Å². The van der Waals surface area contributed by atoms with Gasteiger partial charge in [0.1, 0.15) is 0 Å². The standard InChI is InChI=1S/C12H14F3N3S/c13-12(14,15)9-1-3-10(4-2-9)17-5-7-18(8-6-17)11(16)19/h1-4H,5-8H2,(H2,16,19). The van der Waals surface area contributed by atoms with E-state index in [2.05, 4.69) is 0 Å². The van der Waals surface area contributed by atoms with Crippen LogP contribution in [0.3, 0.4) is 0 Å². The normalized spacial score (nSPS) is 16.6. The number of piperazine rings is 1. The van der Waals surface area contributed by atoms with Gasteiger partial charge in [-0.05, 0) is 36.5 Å². The summed E-state index contributed by atoms with van der Waals surface area (Å²) in [5, 5.41) is 0.368. The number of benzene rings is 1. The zero-order valence-electron chi connectivity index (χ0n) is 10.2. The first-order valence-corrected chi connectivity index (χ1v) is 6.25. The number of thiocarbonyl (C=S) groups is 1. The van der Waals surface area contributed by atoms with Crippen LogP contribution in [0.5, 0.6) is 0 Å². The van der Waals surface area contributed by atoms with Crippen molar-refractivity contribution < 1.29 is 13.2 Å². The molecule has 0 bridgehead atoms. The second-order valence-electron chi connectivity index (χ2n) is 4.36. The molecule has 0 amide bonds. The van der Waals surface area contributed by atoms with Gasteiger partial charge in [-0.3, -0.25) is 0 Å². The topological polar surface area (TPSA) is 32.5 Å². The molecule has 2 rings (SSSR count). The van der Waals surface area contributed by atoms with E-state index in [-0.39, 0.29) is 0 Å². The SMILES string of the molecule is NC(=S)N1CCN(c2ccc(C(F)(F)F)cc2)CC1. The molecular weight excluding hydrogens is 275 g/mol. The third-order valence-electron chi connectivity index (χ3n) is 3.15. The van der Waals surface area contributed by atoms with Gasteiger partial charge in [0.2, 0.25) is 0 Å². The van der Waals surface area contributed by atoms with Crippen LogP contribution in [0.25, 0.3) is 0 Å². The molecule has 104 valence electrons. The Hall–Kier alpha value is -1.50. The Kier molecular flexibility index (Phi) is 3.84. The number of alkyl halides is 3. The number of halogens is 3. The van der Waals surface area contributed by atoms with Crippen LogP contribution < -0.4 is 10.6 Å². The van der Waals surface area contributed by atoms with E-state index in [1.165, 1.54) is 12.1 Å². The second kappa shape index (κ2) is 5.24. The van der Waals surface area contributed by atoms with Crippen molar-refractivity contribution in [2.75, 3.05) is 31.1 Å². The van der Waals surface area contributed by atoms with Crippen molar-refractivity contribution in [3.8, 4) is 0 Å². The van der Waals surface area contributed by atoms with E-state index in [0.29, 0.717) is 31.3 Å². The summed E-state index contributed by atoms with van der Waals surface area (Å²) in [6.45, 7) is 2.78. The lowest BCUT2D eigenvalue weighted by Gasteiger charge is -2.36. The molecular formula is C12H14F3N3S. The monoisotopic (exact) mass is 289 g/mol. The molecule has 1 heterocycles. The molecule has 0 unspecified atom stereocenters. The van der Waals surface area contributed by atoms with Gasteiger partial charge in [-0.15, -0.1) is 0 Å². The van der Waals surface area contributed by atoms with E-state index in [1.54, 1.807) is 0 Å². The van der Waals surface area contributed by atoms with Crippen LogP contribution >= 0.6 is 12.2 Å². The summed E-state index contributed by atoms with van der Waals surface area (Å²) in [6.07, 6.45) is -4.29. The van der Waals surface area contributed by atoms with Gasteiger partial charge in [0.15, 0.2) is 5.11 Å². The molecule has 1 aliphatic heterocycles. The maximum absolute atomic E-state index is 12.5. The molecule has 0 aromatic heterocycles. The Morgan fingerprint density at radius 2 is 1.58 bits per heavy atom. The van der Waals surface area contributed by atoms with Crippen LogP contribution in [-0.4, -0.2) is 36.2 Å². The van der Waals surface area contributed by atoms with Gasteiger partial charge < -0.3 is 15.5 Å². The van der Waals surface area contributed by atoms with Crippen molar-refractivity contribution in [1.82, 2.24) is 4.90 Å². The Balaban J connectivity index is 2.02. The molecule has 1 saturated heterocycles. The van der Waals surface area contributed by atoms with E-state index in [1.807, 2.05) is 9.80 Å². The zero-order valence-corrected chi connectivity index (χ0v) is 11.0. The Bertz CT molecular complexity index is 450. The third kappa shape index (κ3) is 3.28. The average molecular weight is 289 g/mol. The number of anilines is 1. The van der Waals surface area contributed by atoms with Crippen molar-refractivity contribution in [1.29, 1.82) is 0 Å². The predicted octanol–water partition coefficient (Wildman–Crippen LogP) is 2.07. The van der Waals surface area contributed by atoms with Gasteiger partial charge >= 0.3 is 6.18 Å². The maximum Gasteiger partial charge on any atom is 0.416 e. The highest BCUT2D eigenvalue weighted by molar-refractivity contribution is 7.80. The highest BCUT2D eigenvalue weighted by Crippen LogP contribution is 2.30. The van der Waals surface area contributed by atoms with Crippen LogP contribution in [0.4, 0.5) is 18.9 Å². The molecule has 2 N–H and O–H groups in total. The van der Waals surface area contributed by atoms with E-state index in [0.717, 1.165) is 17.8 Å². The van der Waals surface area contributed by atoms with Crippen molar-refractivity contribution >= 4 is 23.0 Å². The fourth-order valence-corrected chi connectivity index (χ4v) is 2.23. The predicted molar refractivity (Wildman–Crippen MR) is 72.0 cm³/mol. The van der Waals surface area contributed by atoms with E-state index in [9.17, 15) is 13.2 Å². The number of hydrogen-bond donors (Lipinski definition) is 1. The highest BCUT2D eigenvalue weighted by atomic mass is 32.1. The molecule has 1 aromatic carbocycles. The molecule has 19 heavy (non-hydrogen) atoms. The van der Waals surface area contributed by atoms with E-state index < -0.39 is 11.7 Å². The fourth-order valence-electron chi connectivity index (χ4n) is 2.05. The third-order valence-corrected chi connectivity index (χ3v) is 3.41. The first-order chi connectivity index (χ1) is 8.88. The first kappa shape index (κ1) is 13.9. The second-order valence-corrected chi connectivity index (χ2v) is 4.78. The Morgan fingerprint density at radius 3 is 2.00 bits per heavy atom. The first-order valence-electron chi connectivity index (χ1n) is 5.84. The summed E-state index contributed by atoms with van der Waals surface area (Å²) in [5.74, 6) is 0. The van der Waals surface area contributed by atoms with Crippen molar-refractivity contribution in [3.05, 3.63) is 29.8 Å². The number of hydrogen-bond acceptors (Lipinski definition) is 2. The molecule has 7 heteroatoms. The largest absolute Gasteiger partial charge is 0.416 e. The highest BCUT2D eigenvalue weighted by Gasteiger charge is 2.30. The van der Waals surface area contributed by atoms with Gasteiger partial charge in [-0.1, -0.05) is 0 Å². The van der Waals surface area contributed by atoms with Crippen LogP contribution in [0.15, 0.2) is 24.3 Å². The molecule has 0 atom stereocenters. The maximum atomic E-state index is 12.5. The lowest BCUT2D eigenvalue weighted by Crippen LogP contribution is -2.50. The van der Waals surface area contributed by atoms with Gasteiger partial charge in [0.25, 0.3) is 0 Å². The van der Waals surface area contributed by atoms with Crippen LogP contribution in [0.1, 0.15) is 5.56 Å². The number of nitrogens with two attached hydrogens (primary N) is 1. The van der Waals surface area contributed by atoms with Gasteiger partial charge in [0.05, 0.1) is 5.56 Å². The molecule has 3 nitrogen and oxygen atoms in total. The lowest BCUT2D eigenvalue weighted by atomic mass is 10.1. The van der Waals surface area contributed by atoms with Crippen molar-refractivity contribution in [2.45, 2.75) is 6.18 Å². The van der Waals surface area contributed by atoms with Gasteiger partial charge in [-0.2, -0.15) is 13.2 Å². The quantitative estimate of drug-likeness (QED) is 0.802. The minimum absolute atomic E-state index is 0.368. The summed E-state index contributed by atoms with van der Waals surface area (Å²) >= 11 is 4.89. The van der Waals surface area contributed by atoms with E-state index in [4.69, 9.17) is 18.0 Å². The van der Waals surface area contributed by atoms with Crippen LogP contribution in [0, 0.1) is 0 Å². The molecule has 1 fully saturated rings. The summed E-state index contributed by atoms with van der Waals surface area (Å²) in [7, 11) is 0. The molecule has 1 aromatic rings. The summed E-state index contributed by atoms with van der Waals surface area (Å²) in [5.41, 5.74) is 5.69. The number of nitrogens with zero attached hydrogens (tertiary/aromatic N) is 2. The Morgan fingerprint density at radius 1 is 1.05 bits per heavy atom. The molecule has 1 aliphatic rings. The number of rotatable bonds is 1. The Labute approximate surface area is 114 Å². The van der Waals surface area contributed by atoms with Crippen LogP contribution in [0.2, 0.25) is 0 Å². The van der Waals surface area contributed by atoms with Crippen LogP contribution in [-0.2, 0) is 6.18 Å². The minimum atomic E-state index is -4.29. The molecule has 0 radical (unpaired) electrons. The van der Waals surface area contributed by atoms with Crippen molar-refractivity contribution in [3.63, 3.8) is 0 Å². The molecule has 0 spiro atoms. The van der Waals surface area contributed by atoms with Gasteiger partial charge in [-0.25, -0.2) is 0 Å². The smallest absolute Gasteiger partial charge is 0.376 e. The average Bonchev–Trinajstić information content (AvgIpc) is 2.38. The molecule has 0 aliphatic carbocycles. The minimum Gasteiger partial charge on any atom is -0.376 e. The summed E-state index contributed by atoms with van der Waals surface area (Å²) in [6, 6.07) is 5.21. The zero-order chi connectivity index (χ0) is 14.0. The fraction of sp³-hybridized carbons (Fsp3) is 0.417. The summed E-state index contributed by atoms with van der Waals surface area (Å²) in [4.78, 5) is 3.91. The molecule has 0 saturated carbocycles. The lowest BCUT2D eigenvalue weighted by molar-refractivity contribution is -0.137. The van der Waals surface area contributed by atoms with Gasteiger partial charge in [0, 0.05) is 31.9 Å². The van der Waals surface area contributed by atoms with Crippen molar-refractivity contribution in [2.24, 2.45) is 5.73 Å². The summed E-state index contributed by atoms with van der Waals surface area (Å²) < 4.78 is 37.4.